The number of rotatable bonds is 6. The van der Waals surface area contributed by atoms with Gasteiger partial charge in [0, 0.05) is 11.1 Å². The largest absolute Gasteiger partial charge is 0.366 e. The predicted molar refractivity (Wildman–Crippen MR) is 82.7 cm³/mol. The van der Waals surface area contributed by atoms with E-state index in [2.05, 4.69) is 0 Å². The highest BCUT2D eigenvalue weighted by Gasteiger charge is 2.14. The van der Waals surface area contributed by atoms with E-state index >= 15 is 0 Å². The molecule has 2 rings (SSSR count). The van der Waals surface area contributed by atoms with Crippen molar-refractivity contribution in [2.75, 3.05) is 0 Å². The molecule has 0 spiro atoms. The summed E-state index contributed by atoms with van der Waals surface area (Å²) in [5.41, 5.74) is 6.25. The van der Waals surface area contributed by atoms with Crippen LogP contribution in [0.3, 0.4) is 0 Å². The van der Waals surface area contributed by atoms with E-state index in [0.29, 0.717) is 16.7 Å². The van der Waals surface area contributed by atoms with Crippen LogP contribution < -0.4 is 5.73 Å². The van der Waals surface area contributed by atoms with Crippen LogP contribution in [0.1, 0.15) is 33.5 Å². The lowest BCUT2D eigenvalue weighted by Gasteiger charge is -2.06. The maximum absolute atomic E-state index is 12.5. The van der Waals surface area contributed by atoms with Crippen molar-refractivity contribution >= 4 is 15.7 Å². The van der Waals surface area contributed by atoms with Gasteiger partial charge in [0.05, 0.1) is 11.5 Å². The van der Waals surface area contributed by atoms with E-state index in [-0.39, 0.29) is 17.1 Å². The zero-order valence-electron chi connectivity index (χ0n) is 12.1. The van der Waals surface area contributed by atoms with Crippen LogP contribution in [0.15, 0.2) is 48.5 Å². The minimum atomic E-state index is -3.46. The van der Waals surface area contributed by atoms with Gasteiger partial charge in [0.2, 0.25) is 5.91 Å². The van der Waals surface area contributed by atoms with Crippen LogP contribution in [-0.4, -0.2) is 14.3 Å². The molecule has 122 valence electrons. The second-order valence-electron chi connectivity index (χ2n) is 5.14. The minimum Gasteiger partial charge on any atom is -0.366 e. The van der Waals surface area contributed by atoms with Crippen molar-refractivity contribution in [3.05, 3.63) is 70.8 Å². The van der Waals surface area contributed by atoms with Gasteiger partial charge in [-0.3, -0.25) is 4.79 Å². The first-order valence-corrected chi connectivity index (χ1v) is 8.55. The van der Waals surface area contributed by atoms with E-state index in [1.807, 2.05) is 0 Å². The predicted octanol–water partition coefficient (Wildman–Crippen LogP) is 2.84. The summed E-state index contributed by atoms with van der Waals surface area (Å²) in [5.74, 6) is -1.03. The molecule has 0 radical (unpaired) electrons. The van der Waals surface area contributed by atoms with Crippen molar-refractivity contribution in [1.82, 2.24) is 0 Å². The Labute approximate surface area is 132 Å². The molecule has 0 aliphatic heterocycles. The van der Waals surface area contributed by atoms with Crippen molar-refractivity contribution in [1.29, 1.82) is 0 Å². The molecular formula is C16H15F2NO3S. The first-order chi connectivity index (χ1) is 10.8. The van der Waals surface area contributed by atoms with Crippen molar-refractivity contribution in [2.45, 2.75) is 17.9 Å². The Hall–Kier alpha value is -2.28. The molecule has 0 unspecified atom stereocenters. The minimum absolute atomic E-state index is 0.145. The Morgan fingerprint density at radius 3 is 1.74 bits per heavy atom. The van der Waals surface area contributed by atoms with Crippen LogP contribution in [0.5, 0.6) is 0 Å². The molecule has 0 bridgehead atoms. The number of hydrogen-bond acceptors (Lipinski definition) is 3. The number of amides is 1. The summed E-state index contributed by atoms with van der Waals surface area (Å²) in [6.07, 6.45) is -2.58. The molecule has 0 atom stereocenters. The van der Waals surface area contributed by atoms with Gasteiger partial charge >= 0.3 is 0 Å². The molecule has 4 nitrogen and oxygen atoms in total. The number of nitrogens with two attached hydrogens (primary N) is 1. The van der Waals surface area contributed by atoms with E-state index in [9.17, 15) is 22.0 Å². The lowest BCUT2D eigenvalue weighted by atomic mass is 10.1. The van der Waals surface area contributed by atoms with Gasteiger partial charge in [0.15, 0.2) is 9.84 Å². The van der Waals surface area contributed by atoms with Crippen LogP contribution >= 0.6 is 0 Å². The third kappa shape index (κ3) is 4.85. The monoisotopic (exact) mass is 339 g/mol. The fraction of sp³-hybridized carbons (Fsp3) is 0.188. The topological polar surface area (TPSA) is 77.2 Å². The number of benzene rings is 2. The molecule has 1 amide bonds. The molecule has 0 saturated heterocycles. The highest BCUT2D eigenvalue weighted by Crippen LogP contribution is 2.20. The zero-order chi connectivity index (χ0) is 17.0. The van der Waals surface area contributed by atoms with Gasteiger partial charge < -0.3 is 5.73 Å². The maximum Gasteiger partial charge on any atom is 0.263 e. The lowest BCUT2D eigenvalue weighted by molar-refractivity contribution is 0.1000. The van der Waals surface area contributed by atoms with E-state index in [4.69, 9.17) is 5.73 Å². The van der Waals surface area contributed by atoms with Crippen LogP contribution in [0.25, 0.3) is 0 Å². The molecule has 7 heteroatoms. The molecule has 2 aromatic carbocycles. The Bertz CT molecular complexity index is 785. The van der Waals surface area contributed by atoms with E-state index in [0.717, 1.165) is 0 Å². The van der Waals surface area contributed by atoms with Crippen LogP contribution in [0.4, 0.5) is 8.78 Å². The number of alkyl halides is 2. The number of sulfone groups is 1. The molecule has 2 aromatic rings. The molecule has 0 fully saturated rings. The Balaban J connectivity index is 2.08. The van der Waals surface area contributed by atoms with Crippen molar-refractivity contribution in [3.8, 4) is 0 Å². The normalized spacial score (nSPS) is 11.6. The summed E-state index contributed by atoms with van der Waals surface area (Å²) >= 11 is 0. The third-order valence-corrected chi connectivity index (χ3v) is 4.79. The summed E-state index contributed by atoms with van der Waals surface area (Å²) in [4.78, 5) is 11.0. The van der Waals surface area contributed by atoms with Gasteiger partial charge in [-0.1, -0.05) is 36.4 Å². The van der Waals surface area contributed by atoms with Gasteiger partial charge in [-0.05, 0) is 23.3 Å². The average Bonchev–Trinajstić information content (AvgIpc) is 2.47. The second kappa shape index (κ2) is 6.87. The fourth-order valence-corrected chi connectivity index (χ4v) is 3.59. The summed E-state index contributed by atoms with van der Waals surface area (Å²) in [6.45, 7) is 0. The number of halogens is 2. The van der Waals surface area contributed by atoms with Gasteiger partial charge in [0.25, 0.3) is 6.43 Å². The Kier molecular flexibility index (Phi) is 5.10. The molecule has 2 N–H and O–H groups in total. The highest BCUT2D eigenvalue weighted by molar-refractivity contribution is 7.89. The molecule has 0 heterocycles. The average molecular weight is 339 g/mol. The summed E-state index contributed by atoms with van der Waals surface area (Å²) in [7, 11) is -3.46. The van der Waals surface area contributed by atoms with Crippen molar-refractivity contribution in [3.63, 3.8) is 0 Å². The molecule has 0 aromatic heterocycles. The van der Waals surface area contributed by atoms with Gasteiger partial charge in [-0.25, -0.2) is 17.2 Å². The van der Waals surface area contributed by atoms with E-state index in [1.165, 1.54) is 48.5 Å². The van der Waals surface area contributed by atoms with Gasteiger partial charge in [0.1, 0.15) is 0 Å². The number of carbonyl (C=O) groups excluding carboxylic acids is 1. The number of hydrogen-bond donors (Lipinski definition) is 1. The lowest BCUT2D eigenvalue weighted by Crippen LogP contribution is -2.11. The fourth-order valence-electron chi connectivity index (χ4n) is 2.08. The molecular weight excluding hydrogens is 324 g/mol. The quantitative estimate of drug-likeness (QED) is 0.879. The van der Waals surface area contributed by atoms with Crippen LogP contribution in [-0.2, 0) is 21.3 Å². The van der Waals surface area contributed by atoms with Crippen molar-refractivity contribution in [2.24, 2.45) is 5.73 Å². The van der Waals surface area contributed by atoms with Gasteiger partial charge in [-0.15, -0.1) is 0 Å². The second-order valence-corrected chi connectivity index (χ2v) is 7.20. The zero-order valence-corrected chi connectivity index (χ0v) is 12.9. The SMILES string of the molecule is NC(=O)c1ccc(CS(=O)(=O)Cc2ccc(C(F)F)cc2)cc1. The Morgan fingerprint density at radius 2 is 1.35 bits per heavy atom. The van der Waals surface area contributed by atoms with E-state index in [1.54, 1.807) is 0 Å². The number of carbonyl (C=O) groups is 1. The first kappa shape index (κ1) is 17.1. The molecule has 0 aliphatic carbocycles. The summed E-state index contributed by atoms with van der Waals surface area (Å²) in [5, 5.41) is 0. The highest BCUT2D eigenvalue weighted by atomic mass is 32.2. The van der Waals surface area contributed by atoms with Crippen LogP contribution in [0, 0.1) is 0 Å². The van der Waals surface area contributed by atoms with Crippen molar-refractivity contribution < 1.29 is 22.0 Å². The third-order valence-electron chi connectivity index (χ3n) is 3.24. The number of primary amides is 1. The Morgan fingerprint density at radius 1 is 0.913 bits per heavy atom. The van der Waals surface area contributed by atoms with E-state index < -0.39 is 22.2 Å². The standard InChI is InChI=1S/C16H15F2NO3S/c17-15(18)13-5-1-11(2-6-13)9-23(21,22)10-12-3-7-14(8-4-12)16(19)20/h1-8,15H,9-10H2,(H2,19,20). The smallest absolute Gasteiger partial charge is 0.263 e. The van der Waals surface area contributed by atoms with Crippen LogP contribution in [0.2, 0.25) is 0 Å². The first-order valence-electron chi connectivity index (χ1n) is 6.73. The molecule has 0 aliphatic rings. The van der Waals surface area contributed by atoms with Gasteiger partial charge in [-0.2, -0.15) is 0 Å². The molecule has 23 heavy (non-hydrogen) atoms. The summed E-state index contributed by atoms with van der Waals surface area (Å²) < 4.78 is 49.3. The maximum atomic E-state index is 12.5. The molecule has 0 saturated carbocycles. The summed E-state index contributed by atoms with van der Waals surface area (Å²) in [6, 6.07) is 11.2.